The molecular formula is C16H15F3N2O. The molecule has 0 radical (unpaired) electrons. The van der Waals surface area contributed by atoms with E-state index >= 15 is 0 Å². The topological polar surface area (TPSA) is 38.0 Å². The maximum atomic E-state index is 13.3. The van der Waals surface area contributed by atoms with E-state index in [0.717, 1.165) is 15.8 Å². The maximum Gasteiger partial charge on any atom is 0.433 e. The lowest BCUT2D eigenvalue weighted by Gasteiger charge is -2.11. The van der Waals surface area contributed by atoms with E-state index in [9.17, 15) is 13.2 Å². The van der Waals surface area contributed by atoms with Crippen LogP contribution in [0.15, 0.2) is 30.3 Å². The average Bonchev–Trinajstić information content (AvgIpc) is 2.99. The van der Waals surface area contributed by atoms with Gasteiger partial charge in [0.05, 0.1) is 18.8 Å². The predicted molar refractivity (Wildman–Crippen MR) is 76.9 cm³/mol. The van der Waals surface area contributed by atoms with Crippen molar-refractivity contribution in [2.45, 2.75) is 25.6 Å². The highest BCUT2D eigenvalue weighted by molar-refractivity contribution is 5.84. The van der Waals surface area contributed by atoms with Crippen molar-refractivity contribution < 1.29 is 18.3 Å². The van der Waals surface area contributed by atoms with Crippen molar-refractivity contribution in [1.82, 2.24) is 9.78 Å². The lowest BCUT2D eigenvalue weighted by Crippen LogP contribution is -2.18. The van der Waals surface area contributed by atoms with E-state index in [0.29, 0.717) is 18.5 Å². The Morgan fingerprint density at radius 3 is 2.55 bits per heavy atom. The molecule has 6 heteroatoms. The molecule has 1 heterocycles. The summed E-state index contributed by atoms with van der Waals surface area (Å²) in [6, 6.07) is 9.46. The zero-order valence-corrected chi connectivity index (χ0v) is 11.8. The van der Waals surface area contributed by atoms with Crippen molar-refractivity contribution in [3.8, 4) is 0 Å². The number of aliphatic hydroxyl groups excluding tert-OH is 1. The fraction of sp³-hybridized carbons (Fsp3) is 0.312. The third-order valence-electron chi connectivity index (χ3n) is 3.72. The normalized spacial score (nSPS) is 16.3. The van der Waals surface area contributed by atoms with E-state index in [1.165, 1.54) is 0 Å². The Bertz CT molecular complexity index is 702. The number of nitrogens with zero attached hydrogens (tertiary/aromatic N) is 2. The standard InChI is InChI=1S/C16H15F3N2O/c17-16(18,19)15-13-7-6-12(10-11-4-2-1-3-5-11)14(13)20-21(15)8-9-22/h1-5,10,22H,6-9H2/b12-10-. The minimum Gasteiger partial charge on any atom is -0.394 e. The molecule has 0 unspecified atom stereocenters. The van der Waals surface area contributed by atoms with E-state index in [2.05, 4.69) is 5.10 Å². The number of benzene rings is 1. The molecule has 0 saturated heterocycles. The molecule has 0 bridgehead atoms. The van der Waals surface area contributed by atoms with Gasteiger partial charge in [-0.25, -0.2) is 0 Å². The van der Waals surface area contributed by atoms with Gasteiger partial charge < -0.3 is 5.11 Å². The second kappa shape index (κ2) is 5.61. The van der Waals surface area contributed by atoms with Crippen LogP contribution in [0.1, 0.15) is 28.9 Å². The molecule has 1 N–H and O–H groups in total. The van der Waals surface area contributed by atoms with Gasteiger partial charge in [-0.15, -0.1) is 0 Å². The molecule has 3 rings (SSSR count). The molecule has 1 aromatic carbocycles. The van der Waals surface area contributed by atoms with Gasteiger partial charge in [-0.05, 0) is 30.1 Å². The van der Waals surface area contributed by atoms with Gasteiger partial charge in [0.1, 0.15) is 5.69 Å². The van der Waals surface area contributed by atoms with Crippen LogP contribution in [0.4, 0.5) is 13.2 Å². The minimum absolute atomic E-state index is 0.152. The maximum absolute atomic E-state index is 13.3. The summed E-state index contributed by atoms with van der Waals surface area (Å²) in [4.78, 5) is 0. The monoisotopic (exact) mass is 308 g/mol. The van der Waals surface area contributed by atoms with Gasteiger partial charge in [-0.1, -0.05) is 30.3 Å². The predicted octanol–water partition coefficient (Wildman–Crippen LogP) is 3.38. The Hall–Kier alpha value is -2.08. The van der Waals surface area contributed by atoms with Gasteiger partial charge in [0.15, 0.2) is 0 Å². The van der Waals surface area contributed by atoms with Crippen LogP contribution in [-0.2, 0) is 19.1 Å². The Kier molecular flexibility index (Phi) is 3.78. The SMILES string of the molecule is OCCn1nc2c(c1C(F)(F)F)CC/C2=C/c1ccccc1. The smallest absolute Gasteiger partial charge is 0.394 e. The summed E-state index contributed by atoms with van der Waals surface area (Å²) in [6.45, 7) is -0.526. The van der Waals surface area contributed by atoms with E-state index in [-0.39, 0.29) is 18.7 Å². The lowest BCUT2D eigenvalue weighted by molar-refractivity contribution is -0.145. The number of rotatable bonds is 3. The Morgan fingerprint density at radius 2 is 1.91 bits per heavy atom. The second-order valence-electron chi connectivity index (χ2n) is 5.20. The highest BCUT2D eigenvalue weighted by Crippen LogP contribution is 2.41. The molecule has 3 nitrogen and oxygen atoms in total. The third kappa shape index (κ3) is 2.66. The summed E-state index contributed by atoms with van der Waals surface area (Å²) in [5.41, 5.74) is 1.67. The zero-order valence-electron chi connectivity index (χ0n) is 11.8. The molecule has 0 aliphatic heterocycles. The van der Waals surface area contributed by atoms with Gasteiger partial charge in [-0.3, -0.25) is 4.68 Å². The molecule has 0 spiro atoms. The van der Waals surface area contributed by atoms with Crippen LogP contribution in [0.2, 0.25) is 0 Å². The van der Waals surface area contributed by atoms with E-state index < -0.39 is 11.9 Å². The first-order chi connectivity index (χ1) is 10.5. The summed E-state index contributed by atoms with van der Waals surface area (Å²) < 4.78 is 40.6. The summed E-state index contributed by atoms with van der Waals surface area (Å²) in [5.74, 6) is 0. The number of alkyl halides is 3. The van der Waals surface area contributed by atoms with Gasteiger partial charge >= 0.3 is 6.18 Å². The average molecular weight is 308 g/mol. The molecule has 0 fully saturated rings. The number of aromatic nitrogens is 2. The van der Waals surface area contributed by atoms with Crippen LogP contribution in [0, 0.1) is 0 Å². The van der Waals surface area contributed by atoms with Crippen molar-refractivity contribution in [2.75, 3.05) is 6.61 Å². The zero-order chi connectivity index (χ0) is 15.7. The summed E-state index contributed by atoms with van der Waals surface area (Å²) >= 11 is 0. The molecule has 1 aliphatic rings. The van der Waals surface area contributed by atoms with Crippen molar-refractivity contribution in [3.63, 3.8) is 0 Å². The molecule has 22 heavy (non-hydrogen) atoms. The first kappa shape index (κ1) is 14.8. The molecule has 0 atom stereocenters. The van der Waals surface area contributed by atoms with Crippen LogP contribution in [0.5, 0.6) is 0 Å². The molecule has 1 aliphatic carbocycles. The van der Waals surface area contributed by atoms with Crippen LogP contribution in [0.25, 0.3) is 11.6 Å². The van der Waals surface area contributed by atoms with Gasteiger partial charge in [-0.2, -0.15) is 18.3 Å². The number of halogens is 3. The highest BCUT2D eigenvalue weighted by atomic mass is 19.4. The first-order valence-electron chi connectivity index (χ1n) is 7.04. The fourth-order valence-electron chi connectivity index (χ4n) is 2.84. The molecule has 1 aromatic heterocycles. The van der Waals surface area contributed by atoms with Crippen molar-refractivity contribution in [2.24, 2.45) is 0 Å². The first-order valence-corrected chi connectivity index (χ1v) is 7.04. The summed E-state index contributed by atoms with van der Waals surface area (Å²) in [5, 5.41) is 13.1. The molecule has 2 aromatic rings. The quantitative estimate of drug-likeness (QED) is 0.944. The van der Waals surface area contributed by atoms with E-state index in [1.807, 2.05) is 36.4 Å². The Balaban J connectivity index is 2.06. The van der Waals surface area contributed by atoms with Crippen LogP contribution >= 0.6 is 0 Å². The van der Waals surface area contributed by atoms with E-state index in [1.54, 1.807) is 0 Å². The van der Waals surface area contributed by atoms with Crippen LogP contribution < -0.4 is 0 Å². The number of aliphatic hydroxyl groups is 1. The van der Waals surface area contributed by atoms with Crippen molar-refractivity contribution >= 4 is 11.6 Å². The van der Waals surface area contributed by atoms with Crippen molar-refractivity contribution in [1.29, 1.82) is 0 Å². The van der Waals surface area contributed by atoms with Crippen molar-refractivity contribution in [3.05, 3.63) is 52.8 Å². The van der Waals surface area contributed by atoms with Gasteiger partial charge in [0, 0.05) is 5.56 Å². The van der Waals surface area contributed by atoms with Crippen LogP contribution in [0.3, 0.4) is 0 Å². The van der Waals surface area contributed by atoms with E-state index in [4.69, 9.17) is 5.11 Å². The lowest BCUT2D eigenvalue weighted by atomic mass is 10.1. The Morgan fingerprint density at radius 1 is 1.18 bits per heavy atom. The molecular weight excluding hydrogens is 293 g/mol. The number of hydrogen-bond acceptors (Lipinski definition) is 2. The fourth-order valence-corrected chi connectivity index (χ4v) is 2.84. The Labute approximate surface area is 125 Å². The van der Waals surface area contributed by atoms with Gasteiger partial charge in [0.2, 0.25) is 0 Å². The molecule has 0 amide bonds. The summed E-state index contributed by atoms with van der Waals surface area (Å²) in [7, 11) is 0. The number of hydrogen-bond donors (Lipinski definition) is 1. The second-order valence-corrected chi connectivity index (χ2v) is 5.20. The minimum atomic E-state index is -4.46. The van der Waals surface area contributed by atoms with Crippen LogP contribution in [-0.4, -0.2) is 21.5 Å². The largest absolute Gasteiger partial charge is 0.433 e. The summed E-state index contributed by atoms with van der Waals surface area (Å²) in [6.07, 6.45) is -1.70. The molecule has 0 saturated carbocycles. The third-order valence-corrected chi connectivity index (χ3v) is 3.72. The van der Waals surface area contributed by atoms with Gasteiger partial charge in [0.25, 0.3) is 0 Å². The highest BCUT2D eigenvalue weighted by Gasteiger charge is 2.41. The number of allylic oxidation sites excluding steroid dienone is 1. The number of fused-ring (bicyclic) bond motifs is 1. The molecule has 116 valence electrons.